The Morgan fingerprint density at radius 3 is 1.44 bits per heavy atom. The van der Waals surface area contributed by atoms with Crippen molar-refractivity contribution >= 4 is 9.84 Å². The van der Waals surface area contributed by atoms with Gasteiger partial charge in [-0.2, -0.15) is 0 Å². The second-order valence-electron chi connectivity index (χ2n) is 7.28. The zero-order chi connectivity index (χ0) is 18.8. The molecule has 2 aromatic carbocycles. The molecular weight excluding hydrogens is 336 g/mol. The summed E-state index contributed by atoms with van der Waals surface area (Å²) in [5.74, 6) is 0.822. The maximum atomic E-state index is 13.0. The van der Waals surface area contributed by atoms with Crippen LogP contribution in [0.25, 0.3) is 0 Å². The van der Waals surface area contributed by atoms with Crippen LogP contribution in [0.15, 0.2) is 46.2 Å². The van der Waals surface area contributed by atoms with E-state index in [1.807, 2.05) is 27.7 Å². The maximum Gasteiger partial charge on any atom is 0.206 e. The van der Waals surface area contributed by atoms with E-state index in [9.17, 15) is 18.6 Å². The summed E-state index contributed by atoms with van der Waals surface area (Å²) >= 11 is 0. The van der Waals surface area contributed by atoms with Gasteiger partial charge < -0.3 is 10.2 Å². The molecule has 0 saturated carbocycles. The minimum Gasteiger partial charge on any atom is -0.508 e. The first-order chi connectivity index (χ1) is 11.6. The fourth-order valence-electron chi connectivity index (χ4n) is 2.80. The van der Waals surface area contributed by atoms with E-state index >= 15 is 0 Å². The zero-order valence-electron chi connectivity index (χ0n) is 15.2. The monoisotopic (exact) mass is 362 g/mol. The SMILES string of the molecule is CC(C)Cc1cc(S(=O)(=O)c2ccc(O)c(CC(C)C)c2)ccc1O. The molecule has 0 radical (unpaired) electrons. The third kappa shape index (κ3) is 4.54. The highest BCUT2D eigenvalue weighted by Crippen LogP contribution is 2.30. The van der Waals surface area contributed by atoms with E-state index in [2.05, 4.69) is 0 Å². The van der Waals surface area contributed by atoms with Crippen LogP contribution < -0.4 is 0 Å². The molecule has 25 heavy (non-hydrogen) atoms. The summed E-state index contributed by atoms with van der Waals surface area (Å²) in [4.78, 5) is 0.310. The maximum absolute atomic E-state index is 13.0. The number of hydrogen-bond acceptors (Lipinski definition) is 4. The predicted octanol–water partition coefficient (Wildman–Crippen LogP) is 4.33. The summed E-state index contributed by atoms with van der Waals surface area (Å²) in [6, 6.07) is 8.78. The van der Waals surface area contributed by atoms with Crippen molar-refractivity contribution < 1.29 is 18.6 Å². The first-order valence-electron chi connectivity index (χ1n) is 8.50. The number of hydrogen-bond donors (Lipinski definition) is 2. The lowest BCUT2D eigenvalue weighted by Gasteiger charge is -2.13. The average molecular weight is 362 g/mol. The number of sulfone groups is 1. The van der Waals surface area contributed by atoms with Crippen LogP contribution in [-0.4, -0.2) is 18.6 Å². The molecule has 5 heteroatoms. The van der Waals surface area contributed by atoms with Crippen LogP contribution >= 0.6 is 0 Å². The Bertz CT molecular complexity index is 786. The van der Waals surface area contributed by atoms with Crippen molar-refractivity contribution in [2.24, 2.45) is 11.8 Å². The molecule has 0 heterocycles. The van der Waals surface area contributed by atoms with E-state index in [1.165, 1.54) is 24.3 Å². The summed E-state index contributed by atoms with van der Waals surface area (Å²) in [7, 11) is -3.71. The zero-order valence-corrected chi connectivity index (χ0v) is 16.0. The Kier molecular flexibility index (Phi) is 5.78. The van der Waals surface area contributed by atoms with Gasteiger partial charge in [-0.05, 0) is 72.2 Å². The molecule has 0 fully saturated rings. The molecular formula is C20H26O4S. The van der Waals surface area contributed by atoms with Crippen LogP contribution in [0.1, 0.15) is 38.8 Å². The topological polar surface area (TPSA) is 74.6 Å². The second kappa shape index (κ2) is 7.48. The fourth-order valence-corrected chi connectivity index (χ4v) is 4.16. The highest BCUT2D eigenvalue weighted by atomic mass is 32.2. The Labute approximate surface area is 150 Å². The predicted molar refractivity (Wildman–Crippen MR) is 98.7 cm³/mol. The van der Waals surface area contributed by atoms with E-state index in [-0.39, 0.29) is 21.3 Å². The molecule has 0 aromatic heterocycles. The summed E-state index contributed by atoms with van der Waals surface area (Å²) in [5.41, 5.74) is 1.24. The normalized spacial score (nSPS) is 12.1. The highest BCUT2D eigenvalue weighted by molar-refractivity contribution is 7.91. The fraction of sp³-hybridized carbons (Fsp3) is 0.400. The van der Waals surface area contributed by atoms with E-state index in [1.54, 1.807) is 12.1 Å². The van der Waals surface area contributed by atoms with Crippen molar-refractivity contribution in [1.82, 2.24) is 0 Å². The van der Waals surface area contributed by atoms with E-state index in [0.717, 1.165) is 0 Å². The van der Waals surface area contributed by atoms with Crippen molar-refractivity contribution in [3.05, 3.63) is 47.5 Å². The van der Waals surface area contributed by atoms with Crippen LogP contribution in [-0.2, 0) is 22.7 Å². The lowest BCUT2D eigenvalue weighted by molar-refractivity contribution is 0.461. The molecule has 0 atom stereocenters. The molecule has 136 valence electrons. The third-order valence-electron chi connectivity index (χ3n) is 3.98. The van der Waals surface area contributed by atoms with E-state index in [4.69, 9.17) is 0 Å². The Hall–Kier alpha value is -2.01. The van der Waals surface area contributed by atoms with E-state index < -0.39 is 9.84 Å². The van der Waals surface area contributed by atoms with Gasteiger partial charge in [0.1, 0.15) is 11.5 Å². The van der Waals surface area contributed by atoms with Crippen molar-refractivity contribution in [3.63, 3.8) is 0 Å². The molecule has 0 bridgehead atoms. The van der Waals surface area contributed by atoms with Gasteiger partial charge in [0, 0.05) is 0 Å². The van der Waals surface area contributed by atoms with Crippen molar-refractivity contribution in [2.45, 2.75) is 50.3 Å². The summed E-state index contributed by atoms with van der Waals surface area (Å²) < 4.78 is 25.9. The molecule has 0 saturated heterocycles. The van der Waals surface area contributed by atoms with Gasteiger partial charge in [0.2, 0.25) is 9.84 Å². The van der Waals surface area contributed by atoms with Crippen LogP contribution in [0.4, 0.5) is 0 Å². The Balaban J connectivity index is 2.48. The van der Waals surface area contributed by atoms with Crippen LogP contribution in [0.5, 0.6) is 11.5 Å². The van der Waals surface area contributed by atoms with Gasteiger partial charge in [0.15, 0.2) is 0 Å². The molecule has 0 unspecified atom stereocenters. The molecule has 0 aliphatic carbocycles. The van der Waals surface area contributed by atoms with Crippen molar-refractivity contribution in [2.75, 3.05) is 0 Å². The summed E-state index contributed by atoms with van der Waals surface area (Å²) in [5, 5.41) is 19.9. The first-order valence-corrected chi connectivity index (χ1v) is 9.98. The van der Waals surface area contributed by atoms with Gasteiger partial charge in [0.05, 0.1) is 9.79 Å². The molecule has 0 aliphatic heterocycles. The highest BCUT2D eigenvalue weighted by Gasteiger charge is 2.21. The Morgan fingerprint density at radius 1 is 0.760 bits per heavy atom. The quantitative estimate of drug-likeness (QED) is 0.802. The van der Waals surface area contributed by atoms with Gasteiger partial charge >= 0.3 is 0 Å². The minimum absolute atomic E-state index is 0.110. The first kappa shape index (κ1) is 19.3. The molecule has 0 spiro atoms. The minimum atomic E-state index is -3.71. The Morgan fingerprint density at radius 2 is 1.12 bits per heavy atom. The lowest BCUT2D eigenvalue weighted by Crippen LogP contribution is -2.05. The average Bonchev–Trinajstić information content (AvgIpc) is 2.50. The molecule has 2 N–H and O–H groups in total. The molecule has 0 amide bonds. The van der Waals surface area contributed by atoms with Gasteiger partial charge in [-0.1, -0.05) is 27.7 Å². The van der Waals surface area contributed by atoms with E-state index in [0.29, 0.717) is 35.8 Å². The number of phenols is 2. The second-order valence-corrected chi connectivity index (χ2v) is 9.23. The molecule has 0 aliphatic rings. The molecule has 4 nitrogen and oxygen atoms in total. The van der Waals surface area contributed by atoms with Crippen molar-refractivity contribution in [3.8, 4) is 11.5 Å². The standard InChI is InChI=1S/C20H26O4S/c1-13(2)9-15-11-17(5-7-19(15)21)25(23,24)18-6-8-20(22)16(12-18)10-14(3)4/h5-8,11-14,21-22H,9-10H2,1-4H3. The van der Waals surface area contributed by atoms with Crippen molar-refractivity contribution in [1.29, 1.82) is 0 Å². The number of benzene rings is 2. The van der Waals surface area contributed by atoms with Crippen LogP contribution in [0.2, 0.25) is 0 Å². The number of rotatable bonds is 6. The van der Waals surface area contributed by atoms with Gasteiger partial charge in [0.25, 0.3) is 0 Å². The summed E-state index contributed by atoms with van der Waals surface area (Å²) in [6.07, 6.45) is 1.20. The number of phenolic OH excluding ortho intramolecular Hbond substituents is 2. The number of aromatic hydroxyl groups is 2. The van der Waals surface area contributed by atoms with Gasteiger partial charge in [-0.25, -0.2) is 8.42 Å². The lowest BCUT2D eigenvalue weighted by atomic mass is 10.0. The van der Waals surface area contributed by atoms with Crippen LogP contribution in [0, 0.1) is 11.8 Å². The third-order valence-corrected chi connectivity index (χ3v) is 5.73. The molecule has 2 rings (SSSR count). The van der Waals surface area contributed by atoms with Crippen LogP contribution in [0.3, 0.4) is 0 Å². The van der Waals surface area contributed by atoms with Gasteiger partial charge in [-0.3, -0.25) is 0 Å². The summed E-state index contributed by atoms with van der Waals surface area (Å²) in [6.45, 7) is 8.05. The smallest absolute Gasteiger partial charge is 0.206 e. The molecule has 2 aromatic rings. The largest absolute Gasteiger partial charge is 0.508 e. The van der Waals surface area contributed by atoms with Gasteiger partial charge in [-0.15, -0.1) is 0 Å².